The van der Waals surface area contributed by atoms with Gasteiger partial charge in [-0.05, 0) is 78.9 Å². The van der Waals surface area contributed by atoms with Gasteiger partial charge in [0.15, 0.2) is 0 Å². The van der Waals surface area contributed by atoms with Crippen LogP contribution in [0.5, 0.6) is 0 Å². The Morgan fingerprint density at radius 1 is 0.960 bits per heavy atom. The van der Waals surface area contributed by atoms with Crippen molar-refractivity contribution < 1.29 is 19.0 Å². The van der Waals surface area contributed by atoms with Gasteiger partial charge in [-0.25, -0.2) is 0 Å². The lowest BCUT2D eigenvalue weighted by molar-refractivity contribution is -0.213. The molecule has 4 rings (SSSR count). The van der Waals surface area contributed by atoms with Crippen LogP contribution in [0.3, 0.4) is 0 Å². The first kappa shape index (κ1) is 17.9. The van der Waals surface area contributed by atoms with E-state index in [1.807, 2.05) is 6.92 Å². The number of hydrogen-bond acceptors (Lipinski definition) is 2. The molecule has 0 saturated heterocycles. The average molecular weight is 354 g/mol. The Morgan fingerprint density at radius 2 is 1.68 bits per heavy atom. The number of fused-ring (bicyclic) bond motifs is 5. The van der Waals surface area contributed by atoms with Crippen molar-refractivity contribution in [1.82, 2.24) is 0 Å². The second kappa shape index (κ2) is 5.76. The van der Waals surface area contributed by atoms with Crippen molar-refractivity contribution >= 4 is 0 Å². The molecule has 0 heterocycles. The maximum absolute atomic E-state index is 13.5. The largest absolute Gasteiger partial charge is 0.390 e. The van der Waals surface area contributed by atoms with Gasteiger partial charge in [-0.1, -0.05) is 27.2 Å². The maximum atomic E-state index is 13.5. The van der Waals surface area contributed by atoms with Gasteiger partial charge in [-0.15, -0.1) is 0 Å². The summed E-state index contributed by atoms with van der Waals surface area (Å²) in [6.07, 6.45) is 3.14. The lowest BCUT2D eigenvalue weighted by Crippen LogP contribution is -2.63. The van der Waals surface area contributed by atoms with Crippen molar-refractivity contribution in [2.24, 2.45) is 40.4 Å². The molecule has 4 aliphatic carbocycles. The quantitative estimate of drug-likeness (QED) is 0.658. The van der Waals surface area contributed by atoms with Gasteiger partial charge in [0.2, 0.25) is 0 Å². The van der Waals surface area contributed by atoms with Crippen LogP contribution in [0.25, 0.3) is 0 Å². The monoisotopic (exact) mass is 354 g/mol. The lowest BCUT2D eigenvalue weighted by atomic mass is 9.43. The summed E-state index contributed by atoms with van der Waals surface area (Å²) in [7, 11) is 0. The Kier molecular flexibility index (Phi) is 4.12. The van der Waals surface area contributed by atoms with E-state index in [0.29, 0.717) is 23.8 Å². The van der Waals surface area contributed by atoms with E-state index >= 15 is 0 Å². The minimum atomic E-state index is -1.51. The van der Waals surface area contributed by atoms with Gasteiger partial charge in [0.1, 0.15) is 0 Å². The van der Waals surface area contributed by atoms with Crippen LogP contribution in [0.15, 0.2) is 11.7 Å². The zero-order valence-corrected chi connectivity index (χ0v) is 15.6. The summed E-state index contributed by atoms with van der Waals surface area (Å²) in [6, 6.07) is 0. The summed E-state index contributed by atoms with van der Waals surface area (Å²) >= 11 is 0. The molecule has 0 amide bonds. The molecule has 0 aromatic heterocycles. The Morgan fingerprint density at radius 3 is 2.36 bits per heavy atom. The predicted octanol–water partition coefficient (Wildman–Crippen LogP) is 4.76. The van der Waals surface area contributed by atoms with E-state index in [1.54, 1.807) is 0 Å². The van der Waals surface area contributed by atoms with Gasteiger partial charge in [0.25, 0.3) is 6.08 Å². The standard InChI is InChI=1S/C21H32F2O2/c1-11-6-8-21(3)13-7-9-20(2)12(4-5-14(20)19(22)23)16(13)18(25)17(24)15(21)10-11/h11-13,15-18,24-25H,4-10H2,1-3H3/t11-,12?,13?,15?,16?,17+,18+,20-,21+/m0/s1. The van der Waals surface area contributed by atoms with Gasteiger partial charge in [0, 0.05) is 5.57 Å². The third-order valence-corrected chi connectivity index (χ3v) is 9.03. The molecule has 4 unspecified atom stereocenters. The highest BCUT2D eigenvalue weighted by Gasteiger charge is 2.64. The first-order valence-electron chi connectivity index (χ1n) is 10.1. The highest BCUT2D eigenvalue weighted by Crippen LogP contribution is 2.68. The summed E-state index contributed by atoms with van der Waals surface area (Å²) in [5, 5.41) is 22.0. The molecule has 0 aromatic carbocycles. The number of rotatable bonds is 0. The summed E-state index contributed by atoms with van der Waals surface area (Å²) in [6.45, 7) is 6.52. The minimum Gasteiger partial charge on any atom is -0.390 e. The molecule has 4 fully saturated rings. The summed E-state index contributed by atoms with van der Waals surface area (Å²) < 4.78 is 27.0. The predicted molar refractivity (Wildman–Crippen MR) is 92.9 cm³/mol. The Balaban J connectivity index is 1.73. The molecule has 4 aliphatic rings. The summed E-state index contributed by atoms with van der Waals surface area (Å²) in [5.74, 6) is 1.12. The summed E-state index contributed by atoms with van der Waals surface area (Å²) in [5.41, 5.74) is -0.133. The fourth-order valence-electron chi connectivity index (χ4n) is 7.58. The van der Waals surface area contributed by atoms with Crippen LogP contribution < -0.4 is 0 Å². The molecule has 0 aromatic rings. The SMILES string of the molecule is C[C@H]1CC[C@]2(C)C3CC[C@]4(C)C(=C(F)F)CCC4C3[C@@H](O)[C@H](O)C2C1. The van der Waals surface area contributed by atoms with Crippen molar-refractivity contribution in [1.29, 1.82) is 0 Å². The number of allylic oxidation sites excluding steroid dienone is 1. The Hall–Kier alpha value is -0.480. The molecule has 0 bridgehead atoms. The van der Waals surface area contributed by atoms with Crippen LogP contribution in [0.2, 0.25) is 0 Å². The molecule has 0 spiro atoms. The highest BCUT2D eigenvalue weighted by atomic mass is 19.3. The highest BCUT2D eigenvalue weighted by molar-refractivity contribution is 5.25. The number of hydrogen-bond donors (Lipinski definition) is 2. The molecular formula is C21H32F2O2. The normalized spacial score (nSPS) is 55.3. The summed E-state index contributed by atoms with van der Waals surface area (Å²) in [4.78, 5) is 0. The van der Waals surface area contributed by atoms with Crippen LogP contribution in [0.4, 0.5) is 8.78 Å². The number of aliphatic hydroxyl groups is 2. The zero-order chi connectivity index (χ0) is 18.1. The van der Waals surface area contributed by atoms with Crippen LogP contribution in [0.1, 0.15) is 65.7 Å². The molecule has 2 nitrogen and oxygen atoms in total. The second-order valence-corrected chi connectivity index (χ2v) is 10.00. The third kappa shape index (κ3) is 2.32. The molecular weight excluding hydrogens is 322 g/mol. The second-order valence-electron chi connectivity index (χ2n) is 10.00. The zero-order valence-electron chi connectivity index (χ0n) is 15.6. The maximum Gasteiger partial charge on any atom is 0.270 e. The van der Waals surface area contributed by atoms with Gasteiger partial charge >= 0.3 is 0 Å². The van der Waals surface area contributed by atoms with Gasteiger partial charge < -0.3 is 10.2 Å². The van der Waals surface area contributed by atoms with Gasteiger partial charge in [-0.3, -0.25) is 0 Å². The average Bonchev–Trinajstić information content (AvgIpc) is 2.91. The fourth-order valence-corrected chi connectivity index (χ4v) is 7.58. The molecule has 0 radical (unpaired) electrons. The lowest BCUT2D eigenvalue weighted by Gasteiger charge is -2.63. The molecule has 142 valence electrons. The number of aliphatic hydroxyl groups excluding tert-OH is 2. The first-order valence-corrected chi connectivity index (χ1v) is 10.1. The molecule has 9 atom stereocenters. The first-order chi connectivity index (χ1) is 11.7. The minimum absolute atomic E-state index is 0.0396. The van der Waals surface area contributed by atoms with Crippen molar-refractivity contribution in [2.75, 3.05) is 0 Å². The van der Waals surface area contributed by atoms with E-state index in [0.717, 1.165) is 32.1 Å². The topological polar surface area (TPSA) is 40.5 Å². The van der Waals surface area contributed by atoms with E-state index in [1.165, 1.54) is 6.42 Å². The molecule has 25 heavy (non-hydrogen) atoms. The number of halogens is 2. The van der Waals surface area contributed by atoms with Crippen LogP contribution in [-0.2, 0) is 0 Å². The Labute approximate surface area is 149 Å². The molecule has 4 heteroatoms. The van der Waals surface area contributed by atoms with Crippen molar-refractivity contribution in [3.63, 3.8) is 0 Å². The van der Waals surface area contributed by atoms with E-state index in [9.17, 15) is 19.0 Å². The molecule has 2 N–H and O–H groups in total. The Bertz CT molecular complexity index is 586. The van der Waals surface area contributed by atoms with Crippen molar-refractivity contribution in [3.05, 3.63) is 11.7 Å². The van der Waals surface area contributed by atoms with Crippen LogP contribution in [-0.4, -0.2) is 22.4 Å². The van der Waals surface area contributed by atoms with E-state index < -0.39 is 23.7 Å². The molecule has 4 saturated carbocycles. The van der Waals surface area contributed by atoms with Crippen molar-refractivity contribution in [3.8, 4) is 0 Å². The van der Waals surface area contributed by atoms with Gasteiger partial charge in [-0.2, -0.15) is 8.78 Å². The fraction of sp³-hybridized carbons (Fsp3) is 0.905. The van der Waals surface area contributed by atoms with E-state index in [4.69, 9.17) is 0 Å². The van der Waals surface area contributed by atoms with Crippen LogP contribution in [0, 0.1) is 40.4 Å². The van der Waals surface area contributed by atoms with E-state index in [-0.39, 0.29) is 23.2 Å². The van der Waals surface area contributed by atoms with Crippen LogP contribution >= 0.6 is 0 Å². The van der Waals surface area contributed by atoms with Crippen molar-refractivity contribution in [2.45, 2.75) is 77.9 Å². The van der Waals surface area contributed by atoms with Gasteiger partial charge in [0.05, 0.1) is 12.2 Å². The smallest absolute Gasteiger partial charge is 0.270 e. The molecule has 0 aliphatic heterocycles. The van der Waals surface area contributed by atoms with E-state index in [2.05, 4.69) is 13.8 Å². The third-order valence-electron chi connectivity index (χ3n) is 9.03.